The van der Waals surface area contributed by atoms with Gasteiger partial charge in [-0.15, -0.1) is 0 Å². The van der Waals surface area contributed by atoms with Gasteiger partial charge in [0.2, 0.25) is 19.2 Å². The number of nitrogens with two attached hydrogens (primary N) is 2. The summed E-state index contributed by atoms with van der Waals surface area (Å²) in [6.07, 6.45) is -4.23. The summed E-state index contributed by atoms with van der Waals surface area (Å²) in [4.78, 5) is 35.1. The maximum Gasteiger partial charge on any atom is 0.377 e. The Morgan fingerprint density at radius 2 is 1.61 bits per heavy atom. The van der Waals surface area contributed by atoms with Gasteiger partial charge in [-0.1, -0.05) is 0 Å². The number of fused-ring (bicyclic) bond motifs is 4. The van der Waals surface area contributed by atoms with Crippen LogP contribution in [0.1, 0.15) is 12.5 Å². The predicted molar refractivity (Wildman–Crippen MR) is 151 cm³/mol. The molecule has 3 aliphatic rings. The summed E-state index contributed by atoms with van der Waals surface area (Å²) in [6, 6.07) is 0. The Hall–Kier alpha value is -3.04. The summed E-state index contributed by atoms with van der Waals surface area (Å²) >= 11 is 10.2. The number of aliphatic hydroxyl groups is 1. The number of aromatic nitrogens is 8. The van der Waals surface area contributed by atoms with Crippen molar-refractivity contribution in [2.75, 3.05) is 24.7 Å². The van der Waals surface area contributed by atoms with Crippen LogP contribution >= 0.6 is 13.5 Å². The molecule has 4 aromatic heterocycles. The van der Waals surface area contributed by atoms with E-state index in [0.29, 0.717) is 0 Å². The quantitative estimate of drug-likeness (QED) is 0.165. The van der Waals surface area contributed by atoms with Gasteiger partial charge in [0.05, 0.1) is 12.9 Å². The van der Waals surface area contributed by atoms with Gasteiger partial charge >= 0.3 is 6.72 Å². The van der Waals surface area contributed by atoms with Crippen molar-refractivity contribution < 1.29 is 46.5 Å². The van der Waals surface area contributed by atoms with Gasteiger partial charge < -0.3 is 56.8 Å². The summed E-state index contributed by atoms with van der Waals surface area (Å²) in [7, 11) is 0. The van der Waals surface area contributed by atoms with Crippen LogP contribution in [0.15, 0.2) is 36.8 Å². The zero-order valence-corrected chi connectivity index (χ0v) is 25.2. The van der Waals surface area contributed by atoms with Gasteiger partial charge in [-0.25, -0.2) is 34.3 Å². The molecule has 0 aromatic carbocycles. The van der Waals surface area contributed by atoms with E-state index in [1.165, 1.54) is 28.1 Å². The summed E-state index contributed by atoms with van der Waals surface area (Å²) in [6.45, 7) is -10.1. The fourth-order valence-electron chi connectivity index (χ4n) is 4.89. The van der Waals surface area contributed by atoms with Crippen LogP contribution in [0, 0.1) is 0 Å². The molecule has 4 aromatic rings. The van der Waals surface area contributed by atoms with Crippen LogP contribution in [0.4, 0.5) is 16.0 Å². The molecule has 0 radical (unpaired) electrons. The van der Waals surface area contributed by atoms with Crippen molar-refractivity contribution in [1.29, 1.82) is 0 Å². The number of alkyl halides is 1. The highest BCUT2D eigenvalue weighted by atomic mass is 32.7. The molecule has 3 aliphatic heterocycles. The number of aliphatic hydroxyl groups excluding tert-OH is 1. The van der Waals surface area contributed by atoms with E-state index in [1.54, 1.807) is 0 Å². The minimum atomic E-state index is -4.49. The van der Waals surface area contributed by atoms with Gasteiger partial charge in [-0.3, -0.25) is 18.2 Å². The number of hydrogen-bond donors (Lipinski definition) is 4. The van der Waals surface area contributed by atoms with Gasteiger partial charge in [0.1, 0.15) is 54.9 Å². The molecule has 8 atom stereocenters. The second kappa shape index (κ2) is 10.8. The summed E-state index contributed by atoms with van der Waals surface area (Å²) in [5.41, 5.74) is 12.5. The van der Waals surface area contributed by atoms with Crippen LogP contribution in [0.25, 0.3) is 22.3 Å². The number of anilines is 2. The molecule has 0 aliphatic carbocycles. The van der Waals surface area contributed by atoms with E-state index in [9.17, 15) is 14.6 Å². The molecule has 0 spiro atoms. The van der Waals surface area contributed by atoms with Crippen molar-refractivity contribution in [2.24, 2.45) is 0 Å². The fraction of sp³-hybridized carbons (Fsp3) is 0.400. The molecule has 6 N–H and O–H groups in total. The second-order valence-corrected chi connectivity index (χ2v) is 15.0. The van der Waals surface area contributed by atoms with E-state index in [2.05, 4.69) is 29.9 Å². The average molecular weight is 690 g/mol. The second-order valence-electron chi connectivity index (χ2n) is 9.57. The smallest absolute Gasteiger partial charge is 0.377 e. The predicted octanol–water partition coefficient (Wildman–Crippen LogP) is 0.488. The first-order valence-electron chi connectivity index (χ1n) is 12.5. The maximum atomic E-state index is 15.9. The molecule has 7 heterocycles. The Balaban J connectivity index is 1.21. The molecular weight excluding hydrogens is 669 g/mol. The minimum absolute atomic E-state index is 0.0463. The third-order valence-corrected chi connectivity index (χ3v) is 9.86. The van der Waals surface area contributed by atoms with Crippen molar-refractivity contribution >= 4 is 71.5 Å². The number of nitrogen functional groups attached to an aromatic ring is 2. The number of hydrogen-bond acceptors (Lipinski definition) is 18. The van der Waals surface area contributed by atoms with Crippen LogP contribution < -0.4 is 11.5 Å². The Bertz CT molecular complexity index is 1910. The molecule has 234 valence electrons. The Morgan fingerprint density at radius 3 is 2.25 bits per heavy atom. The van der Waals surface area contributed by atoms with Gasteiger partial charge in [-0.2, -0.15) is 0 Å². The van der Waals surface area contributed by atoms with E-state index in [0.717, 1.165) is 6.33 Å². The zero-order valence-electron chi connectivity index (χ0n) is 21.8. The standard InChI is InChI=1S/C20H21FN10O9P2S2/c21-9-13-8(38-19(9)30-5-28-10-15(22)24-3-26-17(10)30)2-36-42(34,44)40-14-12(32)7(1-35-41(33,43)39-13)37-20(14)31-6-29-11-16(23)25-4-27-18(11)31/h3-7,9,12,14,19-20,32H,1-2H2,(H,33,43)(H,34,44)(H2,22,24,26)(H2,23,25,27)/p-1. The molecular formula is C20H20FN10O9P2S2-. The van der Waals surface area contributed by atoms with Gasteiger partial charge in [0.15, 0.2) is 40.7 Å². The number of rotatable bonds is 2. The van der Waals surface area contributed by atoms with Crippen LogP contribution in [0.2, 0.25) is 0 Å². The first-order chi connectivity index (χ1) is 20.9. The normalized spacial score (nSPS) is 34.6. The summed E-state index contributed by atoms with van der Waals surface area (Å²) in [5.74, 6) is -0.847. The highest BCUT2D eigenvalue weighted by Gasteiger charge is 2.50. The van der Waals surface area contributed by atoms with Crippen molar-refractivity contribution in [3.05, 3.63) is 36.8 Å². The lowest BCUT2D eigenvalue weighted by Crippen LogP contribution is -2.35. The van der Waals surface area contributed by atoms with E-state index in [1.807, 2.05) is 0 Å². The molecule has 24 heteroatoms. The van der Waals surface area contributed by atoms with Crippen LogP contribution in [0.5, 0.6) is 0 Å². The van der Waals surface area contributed by atoms with E-state index < -0.39 is 69.4 Å². The van der Waals surface area contributed by atoms with Gasteiger partial charge in [0, 0.05) is 11.8 Å². The SMILES string of the molecule is Nc1ncnc2c1ncn2C1OC2=C(OP(O)(=S)OCC3OC(n4cnc5c(N)ncnc54)C(OP(=O)([S-])OC2)C3O)C1F. The fourth-order valence-corrected chi connectivity index (χ4v) is 7.47. The third-order valence-electron chi connectivity index (χ3n) is 6.89. The lowest BCUT2D eigenvalue weighted by molar-refractivity contribution is -0.0472. The summed E-state index contributed by atoms with van der Waals surface area (Å²) in [5, 5.41) is 11.1. The topological polar surface area (TPSA) is 252 Å². The van der Waals surface area contributed by atoms with Crippen LogP contribution in [-0.2, 0) is 56.2 Å². The molecule has 7 rings (SSSR count). The molecule has 44 heavy (non-hydrogen) atoms. The van der Waals surface area contributed by atoms with Crippen molar-refractivity contribution in [1.82, 2.24) is 39.0 Å². The van der Waals surface area contributed by atoms with E-state index in [4.69, 9.17) is 63.1 Å². The highest BCUT2D eigenvalue weighted by Crippen LogP contribution is 2.55. The number of halogens is 1. The first-order valence-corrected chi connectivity index (χ1v) is 17.6. The average Bonchev–Trinajstić information content (AvgIpc) is 3.73. The Kier molecular flexibility index (Phi) is 7.28. The van der Waals surface area contributed by atoms with E-state index >= 15 is 4.39 Å². The van der Waals surface area contributed by atoms with Crippen molar-refractivity contribution in [3.63, 3.8) is 0 Å². The zero-order chi connectivity index (χ0) is 31.0. The number of nitrogens with zero attached hydrogens (tertiary/aromatic N) is 8. The third kappa shape index (κ3) is 5.10. The molecule has 0 saturated carbocycles. The molecule has 8 unspecified atom stereocenters. The molecule has 0 amide bonds. The Morgan fingerprint density at radius 1 is 1.00 bits per heavy atom. The lowest BCUT2D eigenvalue weighted by atomic mass is 10.1. The van der Waals surface area contributed by atoms with Crippen molar-refractivity contribution in [2.45, 2.75) is 36.9 Å². The first kappa shape index (κ1) is 29.7. The van der Waals surface area contributed by atoms with Gasteiger partial charge in [0.25, 0.3) is 0 Å². The van der Waals surface area contributed by atoms with Gasteiger partial charge in [-0.05, 0) is 0 Å². The Labute approximate surface area is 255 Å². The molecule has 19 nitrogen and oxygen atoms in total. The molecule has 1 fully saturated rings. The maximum absolute atomic E-state index is 15.9. The van der Waals surface area contributed by atoms with Crippen LogP contribution in [0.3, 0.4) is 0 Å². The van der Waals surface area contributed by atoms with E-state index in [-0.39, 0.29) is 39.7 Å². The largest absolute Gasteiger partial charge is 0.660 e. The van der Waals surface area contributed by atoms with Crippen molar-refractivity contribution in [3.8, 4) is 0 Å². The lowest BCUT2D eigenvalue weighted by Gasteiger charge is -2.30. The number of imidazole rings is 2. The monoisotopic (exact) mass is 689 g/mol. The molecule has 2 bridgehead atoms. The number of ether oxygens (including phenoxy) is 2. The minimum Gasteiger partial charge on any atom is -0.660 e. The van der Waals surface area contributed by atoms with Crippen LogP contribution in [-0.4, -0.2) is 86.7 Å². The summed E-state index contributed by atoms with van der Waals surface area (Å²) < 4.78 is 65.5. The molecule has 1 saturated heterocycles. The highest BCUT2D eigenvalue weighted by molar-refractivity contribution is 8.32.